The largest absolute Gasteiger partial charge is 0.392 e. The second-order valence-electron chi connectivity index (χ2n) is 3.81. The first-order valence-corrected chi connectivity index (χ1v) is 6.80. The molecule has 0 unspecified atom stereocenters. The second kappa shape index (κ2) is 4.33. The lowest BCUT2D eigenvalue weighted by Gasteiger charge is -2.07. The molecule has 1 fully saturated rings. The minimum atomic E-state index is -3.46. The summed E-state index contributed by atoms with van der Waals surface area (Å²) in [5.74, 6) is 0. The number of aliphatic hydroxyl groups is 1. The van der Waals surface area contributed by atoms with Crippen LogP contribution < -0.4 is 4.72 Å². The fourth-order valence-corrected chi connectivity index (χ4v) is 2.95. The minimum absolute atomic E-state index is 0.0706. The molecule has 2 N–H and O–H groups in total. The van der Waals surface area contributed by atoms with E-state index in [9.17, 15) is 8.42 Å². The summed E-state index contributed by atoms with van der Waals surface area (Å²) in [6.45, 7) is -0.199. The number of nitrogens with one attached hydrogen (secondary N) is 1. The first-order valence-electron chi connectivity index (χ1n) is 4.94. The van der Waals surface area contributed by atoms with Gasteiger partial charge in [-0.25, -0.2) is 13.1 Å². The van der Waals surface area contributed by atoms with Crippen LogP contribution in [0.2, 0.25) is 5.02 Å². The van der Waals surface area contributed by atoms with E-state index in [1.807, 2.05) is 0 Å². The van der Waals surface area contributed by atoms with Crippen LogP contribution in [0.5, 0.6) is 0 Å². The smallest absolute Gasteiger partial charge is 0.240 e. The number of benzene rings is 1. The fraction of sp³-hybridized carbons (Fsp3) is 0.400. The summed E-state index contributed by atoms with van der Waals surface area (Å²) in [6, 6.07) is 4.39. The van der Waals surface area contributed by atoms with E-state index >= 15 is 0 Å². The molecule has 0 saturated heterocycles. The second-order valence-corrected chi connectivity index (χ2v) is 5.93. The summed E-state index contributed by atoms with van der Waals surface area (Å²) in [5.41, 5.74) is 0.520. The summed E-state index contributed by atoms with van der Waals surface area (Å²) in [6.07, 6.45) is 1.78. The van der Waals surface area contributed by atoms with Crippen molar-refractivity contribution in [2.75, 3.05) is 0 Å². The molecule has 0 aliphatic heterocycles. The zero-order valence-corrected chi connectivity index (χ0v) is 10.1. The summed E-state index contributed by atoms with van der Waals surface area (Å²) in [5, 5.41) is 9.18. The number of hydrogen-bond donors (Lipinski definition) is 2. The topological polar surface area (TPSA) is 66.4 Å². The molecular formula is C10H12ClNO3S. The highest BCUT2D eigenvalue weighted by Crippen LogP contribution is 2.24. The van der Waals surface area contributed by atoms with E-state index in [2.05, 4.69) is 4.72 Å². The molecule has 88 valence electrons. The number of rotatable bonds is 4. The third-order valence-corrected chi connectivity index (χ3v) is 4.27. The van der Waals surface area contributed by atoms with Gasteiger partial charge in [0.15, 0.2) is 0 Å². The summed E-state index contributed by atoms with van der Waals surface area (Å²) in [4.78, 5) is 0.140. The molecule has 2 rings (SSSR count). The van der Waals surface area contributed by atoms with E-state index in [1.54, 1.807) is 0 Å². The minimum Gasteiger partial charge on any atom is -0.392 e. The molecule has 0 spiro atoms. The Morgan fingerprint density at radius 3 is 2.62 bits per heavy atom. The Morgan fingerprint density at radius 1 is 1.44 bits per heavy atom. The SMILES string of the molecule is O=S(=O)(NC1CC1)c1ccc(CO)c(Cl)c1. The number of aliphatic hydroxyl groups excluding tert-OH is 1. The molecule has 0 radical (unpaired) electrons. The highest BCUT2D eigenvalue weighted by Gasteiger charge is 2.28. The summed E-state index contributed by atoms with van der Waals surface area (Å²) in [7, 11) is -3.46. The summed E-state index contributed by atoms with van der Waals surface area (Å²) >= 11 is 5.84. The Labute approximate surface area is 99.3 Å². The van der Waals surface area contributed by atoms with Crippen LogP contribution in [-0.2, 0) is 16.6 Å². The molecule has 0 aromatic heterocycles. The van der Waals surface area contributed by atoms with Gasteiger partial charge in [0.2, 0.25) is 10.0 Å². The molecule has 1 aliphatic carbocycles. The predicted molar refractivity (Wildman–Crippen MR) is 60.7 cm³/mol. The van der Waals surface area contributed by atoms with Crippen LogP contribution in [0.25, 0.3) is 0 Å². The van der Waals surface area contributed by atoms with E-state index < -0.39 is 10.0 Å². The average Bonchev–Trinajstić information content (AvgIpc) is 3.01. The maximum Gasteiger partial charge on any atom is 0.240 e. The van der Waals surface area contributed by atoms with Crippen molar-refractivity contribution in [3.63, 3.8) is 0 Å². The molecular weight excluding hydrogens is 250 g/mol. The van der Waals surface area contributed by atoms with Crippen LogP contribution in [0.4, 0.5) is 0 Å². The molecule has 1 aliphatic rings. The molecule has 6 heteroatoms. The van der Waals surface area contributed by atoms with Gasteiger partial charge in [-0.05, 0) is 30.5 Å². The van der Waals surface area contributed by atoms with E-state index in [0.717, 1.165) is 12.8 Å². The molecule has 1 aromatic carbocycles. The average molecular weight is 262 g/mol. The Bertz CT molecular complexity index is 497. The van der Waals surface area contributed by atoms with Gasteiger partial charge in [-0.2, -0.15) is 0 Å². The van der Waals surface area contributed by atoms with Crippen LogP contribution in [0.1, 0.15) is 18.4 Å². The van der Waals surface area contributed by atoms with Gasteiger partial charge in [0, 0.05) is 11.1 Å². The van der Waals surface area contributed by atoms with Gasteiger partial charge in [-0.15, -0.1) is 0 Å². The lowest BCUT2D eigenvalue weighted by Crippen LogP contribution is -2.25. The van der Waals surface area contributed by atoms with Crippen molar-refractivity contribution in [1.29, 1.82) is 0 Å². The van der Waals surface area contributed by atoms with Gasteiger partial charge in [-0.3, -0.25) is 0 Å². The molecule has 0 atom stereocenters. The van der Waals surface area contributed by atoms with Crippen molar-refractivity contribution in [2.45, 2.75) is 30.4 Å². The standard InChI is InChI=1S/C10H12ClNO3S/c11-10-5-9(4-1-7(10)6-13)16(14,15)12-8-2-3-8/h1,4-5,8,12-13H,2-3,6H2. The van der Waals surface area contributed by atoms with Gasteiger partial charge < -0.3 is 5.11 Å². The number of halogens is 1. The molecule has 0 amide bonds. The molecule has 16 heavy (non-hydrogen) atoms. The van der Waals surface area contributed by atoms with E-state index in [1.165, 1.54) is 18.2 Å². The highest BCUT2D eigenvalue weighted by atomic mass is 35.5. The van der Waals surface area contributed by atoms with Crippen LogP contribution >= 0.6 is 11.6 Å². The van der Waals surface area contributed by atoms with Crippen molar-refractivity contribution in [1.82, 2.24) is 4.72 Å². The van der Waals surface area contributed by atoms with E-state index in [0.29, 0.717) is 5.56 Å². The van der Waals surface area contributed by atoms with Crippen LogP contribution in [0.15, 0.2) is 23.1 Å². The van der Waals surface area contributed by atoms with Gasteiger partial charge in [0.1, 0.15) is 0 Å². The Hall–Kier alpha value is -0.620. The van der Waals surface area contributed by atoms with Crippen molar-refractivity contribution in [3.8, 4) is 0 Å². The molecule has 4 nitrogen and oxygen atoms in total. The fourth-order valence-electron chi connectivity index (χ4n) is 1.31. The monoisotopic (exact) mass is 261 g/mol. The Morgan fingerprint density at radius 2 is 2.12 bits per heavy atom. The van der Waals surface area contributed by atoms with Crippen molar-refractivity contribution < 1.29 is 13.5 Å². The van der Waals surface area contributed by atoms with Gasteiger partial charge >= 0.3 is 0 Å². The van der Waals surface area contributed by atoms with Crippen molar-refractivity contribution >= 4 is 21.6 Å². The van der Waals surface area contributed by atoms with E-state index in [4.69, 9.17) is 16.7 Å². The third-order valence-electron chi connectivity index (χ3n) is 2.40. The van der Waals surface area contributed by atoms with Crippen LogP contribution in [0.3, 0.4) is 0 Å². The zero-order chi connectivity index (χ0) is 11.8. The quantitative estimate of drug-likeness (QED) is 0.858. The molecule has 0 bridgehead atoms. The zero-order valence-electron chi connectivity index (χ0n) is 8.48. The van der Waals surface area contributed by atoms with Gasteiger partial charge in [0.05, 0.1) is 11.5 Å². The van der Waals surface area contributed by atoms with Crippen molar-refractivity contribution in [3.05, 3.63) is 28.8 Å². The van der Waals surface area contributed by atoms with Gasteiger partial charge in [-0.1, -0.05) is 17.7 Å². The number of hydrogen-bond acceptors (Lipinski definition) is 3. The Balaban J connectivity index is 2.29. The van der Waals surface area contributed by atoms with Crippen LogP contribution in [-0.4, -0.2) is 19.6 Å². The maximum atomic E-state index is 11.8. The van der Waals surface area contributed by atoms with Crippen LogP contribution in [0, 0.1) is 0 Å². The molecule has 1 saturated carbocycles. The Kier molecular flexibility index (Phi) is 3.21. The summed E-state index contributed by atoms with van der Waals surface area (Å²) < 4.78 is 26.2. The maximum absolute atomic E-state index is 11.8. The van der Waals surface area contributed by atoms with Gasteiger partial charge in [0.25, 0.3) is 0 Å². The van der Waals surface area contributed by atoms with E-state index in [-0.39, 0.29) is 22.6 Å². The molecule has 1 aromatic rings. The molecule has 0 heterocycles. The lowest BCUT2D eigenvalue weighted by atomic mass is 10.2. The van der Waals surface area contributed by atoms with Crippen molar-refractivity contribution in [2.24, 2.45) is 0 Å². The lowest BCUT2D eigenvalue weighted by molar-refractivity contribution is 0.282. The predicted octanol–water partition coefficient (Wildman–Crippen LogP) is 1.27. The highest BCUT2D eigenvalue weighted by molar-refractivity contribution is 7.89. The number of sulfonamides is 1. The first kappa shape index (κ1) is 11.9. The third kappa shape index (κ3) is 2.55. The normalized spacial score (nSPS) is 16.4. The first-order chi connectivity index (χ1) is 7.53.